The first kappa shape index (κ1) is 40.7. The molecule has 0 saturated heterocycles. The van der Waals surface area contributed by atoms with Gasteiger partial charge < -0.3 is 9.47 Å². The minimum atomic E-state index is -0.534. The molecule has 0 aromatic rings. The predicted molar refractivity (Wildman–Crippen MR) is 181 cm³/mol. The molecular weight excluding hydrogens is 520 g/mol. The predicted octanol–water partition coefficient (Wildman–Crippen LogP) is 12.2. The Morgan fingerprint density at radius 1 is 0.476 bits per heavy atom. The molecule has 0 bridgehead atoms. The van der Waals surface area contributed by atoms with E-state index >= 15 is 0 Å². The summed E-state index contributed by atoms with van der Waals surface area (Å²) in [6.45, 7) is 7.61. The fourth-order valence-corrected chi connectivity index (χ4v) is 5.42. The largest absolute Gasteiger partial charge is 0.466 e. The quantitative estimate of drug-likeness (QED) is 0.0432. The molecular formula is C38H72O4. The average molecular weight is 593 g/mol. The molecule has 0 aliphatic heterocycles. The highest BCUT2D eigenvalue weighted by atomic mass is 16.5. The molecule has 0 rings (SSSR count). The van der Waals surface area contributed by atoms with Crippen molar-refractivity contribution in [3.8, 4) is 0 Å². The van der Waals surface area contributed by atoms with Gasteiger partial charge in [-0.1, -0.05) is 181 Å². The lowest BCUT2D eigenvalue weighted by molar-refractivity contribution is -0.153. The Morgan fingerprint density at radius 3 is 1.26 bits per heavy atom. The van der Waals surface area contributed by atoms with Crippen LogP contribution in [0.5, 0.6) is 0 Å². The van der Waals surface area contributed by atoms with Gasteiger partial charge in [-0.3, -0.25) is 9.59 Å². The van der Waals surface area contributed by atoms with Crippen molar-refractivity contribution < 1.29 is 19.1 Å². The molecule has 0 fully saturated rings. The third-order valence-electron chi connectivity index (χ3n) is 8.29. The van der Waals surface area contributed by atoms with E-state index in [4.69, 9.17) is 9.47 Å². The molecule has 4 heteroatoms. The lowest BCUT2D eigenvalue weighted by Gasteiger charge is -2.13. The number of unbranched alkanes of at least 4 members (excludes halogenated alkanes) is 24. The monoisotopic (exact) mass is 593 g/mol. The molecule has 248 valence electrons. The molecule has 0 heterocycles. The van der Waals surface area contributed by atoms with Crippen molar-refractivity contribution in [3.63, 3.8) is 0 Å². The van der Waals surface area contributed by atoms with Crippen molar-refractivity contribution in [3.05, 3.63) is 12.2 Å². The van der Waals surface area contributed by atoms with Crippen LogP contribution >= 0.6 is 0 Å². The molecule has 1 atom stereocenters. The Hall–Kier alpha value is -1.32. The van der Waals surface area contributed by atoms with Crippen LogP contribution in [0, 0.1) is 5.92 Å². The van der Waals surface area contributed by atoms with Gasteiger partial charge in [0, 0.05) is 0 Å². The molecule has 0 spiro atoms. The van der Waals surface area contributed by atoms with E-state index in [9.17, 15) is 9.59 Å². The number of rotatable bonds is 33. The second-order valence-electron chi connectivity index (χ2n) is 12.5. The number of allylic oxidation sites excluding steroid dienone is 1. The highest BCUT2D eigenvalue weighted by molar-refractivity contribution is 5.81. The minimum Gasteiger partial charge on any atom is -0.466 e. The summed E-state index contributed by atoms with van der Waals surface area (Å²) in [5.74, 6) is -1.10. The Morgan fingerprint density at radius 2 is 0.833 bits per heavy atom. The van der Waals surface area contributed by atoms with Crippen LogP contribution in [-0.4, -0.2) is 25.2 Å². The summed E-state index contributed by atoms with van der Waals surface area (Å²) in [5.41, 5.74) is 0. The fraction of sp³-hybridized carbons (Fsp3) is 0.895. The lowest BCUT2D eigenvalue weighted by atomic mass is 10.0. The van der Waals surface area contributed by atoms with Gasteiger partial charge in [0.15, 0.2) is 0 Å². The maximum atomic E-state index is 12.8. The van der Waals surface area contributed by atoms with Gasteiger partial charge in [0.05, 0.1) is 25.6 Å². The minimum absolute atomic E-state index is 0.0837. The smallest absolute Gasteiger partial charge is 0.313 e. The zero-order valence-electron chi connectivity index (χ0n) is 28.6. The first-order valence-electron chi connectivity index (χ1n) is 18.6. The third-order valence-corrected chi connectivity index (χ3v) is 8.29. The van der Waals surface area contributed by atoms with Gasteiger partial charge in [0.2, 0.25) is 0 Å². The molecule has 0 saturated carbocycles. The third kappa shape index (κ3) is 30.1. The molecule has 0 aliphatic carbocycles. The lowest BCUT2D eigenvalue weighted by Crippen LogP contribution is -2.21. The van der Waals surface area contributed by atoms with E-state index in [-0.39, 0.29) is 18.4 Å². The van der Waals surface area contributed by atoms with Crippen LogP contribution < -0.4 is 0 Å². The van der Waals surface area contributed by atoms with E-state index in [1.165, 1.54) is 135 Å². The zero-order chi connectivity index (χ0) is 30.8. The Labute approximate surface area is 262 Å². The van der Waals surface area contributed by atoms with Crippen molar-refractivity contribution in [1.82, 2.24) is 0 Å². The van der Waals surface area contributed by atoms with E-state index < -0.39 is 5.92 Å². The number of carbonyl (C=O) groups excluding carboxylic acids is 2. The van der Waals surface area contributed by atoms with Crippen molar-refractivity contribution in [2.45, 2.75) is 201 Å². The molecule has 4 nitrogen and oxygen atoms in total. The highest BCUT2D eigenvalue weighted by Gasteiger charge is 2.21. The van der Waals surface area contributed by atoms with E-state index in [1.54, 1.807) is 0 Å². The number of hydrogen-bond acceptors (Lipinski definition) is 4. The molecule has 0 aromatic heterocycles. The van der Waals surface area contributed by atoms with Crippen molar-refractivity contribution in [2.75, 3.05) is 13.2 Å². The van der Waals surface area contributed by atoms with Crippen LogP contribution in [0.4, 0.5) is 0 Å². The van der Waals surface area contributed by atoms with Crippen LogP contribution in [0.2, 0.25) is 0 Å². The van der Waals surface area contributed by atoms with Crippen LogP contribution in [0.15, 0.2) is 12.2 Å². The molecule has 0 N–H and O–H groups in total. The summed E-state index contributed by atoms with van der Waals surface area (Å²) in [6.07, 6.45) is 37.8. The van der Waals surface area contributed by atoms with Gasteiger partial charge in [-0.25, -0.2) is 0 Å². The Bertz CT molecular complexity index is 600. The van der Waals surface area contributed by atoms with Gasteiger partial charge in [-0.05, 0) is 25.7 Å². The van der Waals surface area contributed by atoms with Gasteiger partial charge in [-0.15, -0.1) is 0 Å². The maximum Gasteiger partial charge on any atom is 0.313 e. The highest BCUT2D eigenvalue weighted by Crippen LogP contribution is 2.16. The van der Waals surface area contributed by atoms with E-state index in [1.807, 2.05) is 6.08 Å². The summed E-state index contributed by atoms with van der Waals surface area (Å²) in [4.78, 5) is 25.3. The van der Waals surface area contributed by atoms with Crippen LogP contribution in [0.1, 0.15) is 201 Å². The molecule has 0 amide bonds. The van der Waals surface area contributed by atoms with Gasteiger partial charge >= 0.3 is 11.9 Å². The normalized spacial score (nSPS) is 12.2. The Balaban J connectivity index is 4.19. The second kappa shape index (κ2) is 34.2. The fourth-order valence-electron chi connectivity index (χ4n) is 5.42. The summed E-state index contributed by atoms with van der Waals surface area (Å²) < 4.78 is 11.0. The van der Waals surface area contributed by atoms with Gasteiger partial charge in [0.25, 0.3) is 0 Å². The number of hydrogen-bond donors (Lipinski definition) is 0. The van der Waals surface area contributed by atoms with Crippen LogP contribution in [0.25, 0.3) is 0 Å². The number of esters is 2. The topological polar surface area (TPSA) is 52.6 Å². The Kier molecular flexibility index (Phi) is 33.1. The van der Waals surface area contributed by atoms with Crippen LogP contribution in [0.3, 0.4) is 0 Å². The van der Waals surface area contributed by atoms with Crippen molar-refractivity contribution in [2.24, 2.45) is 5.92 Å². The van der Waals surface area contributed by atoms with Gasteiger partial charge in [-0.2, -0.15) is 0 Å². The number of ether oxygens (including phenoxy) is 2. The molecule has 1 unspecified atom stereocenters. The standard InChI is InChI=1S/C38H72O4/c1-4-7-10-13-16-17-18-19-20-21-22-23-24-25-26-29-32-36(38(40)42-34-31-28-15-12-9-6-3)35-37(39)41-33-30-27-14-11-8-5-2/h29,32,36H,4-28,30-31,33-35H2,1-3H3/b32-29+. The van der Waals surface area contributed by atoms with E-state index in [0.717, 1.165) is 38.5 Å². The summed E-state index contributed by atoms with van der Waals surface area (Å²) >= 11 is 0. The molecule has 42 heavy (non-hydrogen) atoms. The van der Waals surface area contributed by atoms with E-state index in [0.29, 0.717) is 13.2 Å². The van der Waals surface area contributed by atoms with Gasteiger partial charge in [0.1, 0.15) is 0 Å². The summed E-state index contributed by atoms with van der Waals surface area (Å²) in [6, 6.07) is 0. The molecule has 0 aromatic carbocycles. The average Bonchev–Trinajstić information content (AvgIpc) is 2.99. The van der Waals surface area contributed by atoms with Crippen LogP contribution in [-0.2, 0) is 19.1 Å². The maximum absolute atomic E-state index is 12.8. The molecule has 0 aliphatic rings. The summed E-state index contributed by atoms with van der Waals surface area (Å²) in [5, 5.41) is 0. The second-order valence-corrected chi connectivity index (χ2v) is 12.5. The molecule has 0 radical (unpaired) electrons. The number of carbonyl (C=O) groups is 2. The zero-order valence-corrected chi connectivity index (χ0v) is 28.6. The summed E-state index contributed by atoms with van der Waals surface area (Å²) in [7, 11) is 0. The SMILES string of the molecule is CCCCCCCCCCCCCCCC/C=C/C(CC(=O)OCCCCCCCC)C(=O)OCCCCCCCC. The van der Waals surface area contributed by atoms with Crippen molar-refractivity contribution in [1.29, 1.82) is 0 Å². The van der Waals surface area contributed by atoms with Crippen molar-refractivity contribution >= 4 is 11.9 Å². The van der Waals surface area contributed by atoms with E-state index in [2.05, 4.69) is 26.8 Å². The first-order chi connectivity index (χ1) is 20.7. The first-order valence-corrected chi connectivity index (χ1v) is 18.6.